The Morgan fingerprint density at radius 1 is 0.392 bits per heavy atom. The molecule has 0 N–H and O–H groups in total. The molecule has 0 saturated heterocycles. The Kier molecular flexibility index (Phi) is 16.7. The summed E-state index contributed by atoms with van der Waals surface area (Å²) in [5.74, 6) is 0. The third-order valence-corrected chi connectivity index (χ3v) is 15.2. The molecule has 1 aliphatic heterocycles. The van der Waals surface area contributed by atoms with Crippen molar-refractivity contribution >= 4 is 58.5 Å². The largest absolute Gasteiger partial charge is 0.184 e. The second kappa shape index (κ2) is 24.4. The van der Waals surface area contributed by atoms with Crippen molar-refractivity contribution in [3.63, 3.8) is 0 Å². The molecule has 0 atom stereocenters. The Bertz CT molecular complexity index is 3520. The molecule has 0 nitrogen and oxygen atoms in total. The van der Waals surface area contributed by atoms with Gasteiger partial charge in [-0.05, 0) is 57.3 Å². The molecule has 0 spiro atoms. The smallest absolute Gasteiger partial charge is 0.0920 e. The van der Waals surface area contributed by atoms with Crippen molar-refractivity contribution < 1.29 is 20.8 Å². The summed E-state index contributed by atoms with van der Waals surface area (Å²) < 4.78 is 0. The molecule has 4 heteroatoms. The zero-order valence-electron chi connectivity index (χ0n) is 41.5. The Morgan fingerprint density at radius 2 is 0.757 bits per heavy atom. The van der Waals surface area contributed by atoms with Crippen LogP contribution in [0.4, 0.5) is 0 Å². The van der Waals surface area contributed by atoms with Gasteiger partial charge in [-0.15, -0.1) is 74.6 Å². The summed E-state index contributed by atoms with van der Waals surface area (Å²) in [7, 11) is 10.7. The summed E-state index contributed by atoms with van der Waals surface area (Å²) in [6.45, 7) is 4.49. The monoisotopic (exact) mass is 1080 g/mol. The van der Waals surface area contributed by atoms with E-state index in [-0.39, 0.29) is 0 Å². The van der Waals surface area contributed by atoms with Gasteiger partial charge < -0.3 is 0 Å². The van der Waals surface area contributed by atoms with E-state index in [2.05, 4.69) is 275 Å². The van der Waals surface area contributed by atoms with E-state index in [1.807, 2.05) is 6.07 Å². The molecule has 0 fully saturated rings. The van der Waals surface area contributed by atoms with Gasteiger partial charge in [-0.1, -0.05) is 253 Å². The maximum atomic E-state index is 4.93. The molecule has 0 unspecified atom stereocenters. The van der Waals surface area contributed by atoms with Crippen LogP contribution in [-0.2, 0) is 33.7 Å². The molecule has 0 aromatic heterocycles. The van der Waals surface area contributed by atoms with E-state index in [0.29, 0.717) is 0 Å². The third kappa shape index (κ3) is 11.1. The predicted octanol–water partition coefficient (Wildman–Crippen LogP) is 18.7. The van der Waals surface area contributed by atoms with Gasteiger partial charge in [0.25, 0.3) is 0 Å². The molecule has 74 heavy (non-hydrogen) atoms. The standard InChI is InChI=1S/2C29H23.C12H7Si.2ClH.Zr/c2*1-2-21-17-18-24-19-25(22-11-5-3-6-12-22)20-28(24)29(21)27-16-10-9-15-26(27)23-13-7-4-8-14-23;1-3-7-11-9(5-1)10-6-2-4-8-12(10)13-11;;;/h2*3-20H,2H2,1H3;1-7H;2*1H;/q3*-1;;;+2/p-2. The van der Waals surface area contributed by atoms with Crippen LogP contribution in [0.2, 0.25) is 0 Å². The van der Waals surface area contributed by atoms with Crippen LogP contribution in [0.3, 0.4) is 0 Å². The van der Waals surface area contributed by atoms with Crippen molar-refractivity contribution in [2.75, 3.05) is 0 Å². The molecule has 12 aromatic rings. The van der Waals surface area contributed by atoms with E-state index >= 15 is 0 Å². The van der Waals surface area contributed by atoms with Gasteiger partial charge in [0.1, 0.15) is 0 Å². The summed E-state index contributed by atoms with van der Waals surface area (Å²) in [6.07, 6.45) is 2.03. The quantitative estimate of drug-likeness (QED) is 0.105. The summed E-state index contributed by atoms with van der Waals surface area (Å²) >= 11 is -0.826. The number of rotatable bonds is 8. The molecular formula is C70H53Cl2SiZr-3. The molecule has 0 saturated carbocycles. The zero-order valence-corrected chi connectivity index (χ0v) is 46.5. The van der Waals surface area contributed by atoms with Crippen LogP contribution >= 0.6 is 17.0 Å². The number of halogens is 2. The van der Waals surface area contributed by atoms with Crippen LogP contribution in [0.25, 0.3) is 99.4 Å². The van der Waals surface area contributed by atoms with E-state index in [1.54, 1.807) is 0 Å². The number of benzene rings is 10. The first-order valence-electron chi connectivity index (χ1n) is 25.2. The van der Waals surface area contributed by atoms with Crippen LogP contribution in [0, 0.1) is 6.07 Å². The van der Waals surface area contributed by atoms with Crippen molar-refractivity contribution in [3.05, 3.63) is 278 Å². The Labute approximate surface area is 458 Å². The third-order valence-electron chi connectivity index (χ3n) is 13.8. The van der Waals surface area contributed by atoms with Crippen LogP contribution in [0.15, 0.2) is 261 Å². The molecule has 0 aliphatic carbocycles. The van der Waals surface area contributed by atoms with Crippen LogP contribution in [-0.4, -0.2) is 9.52 Å². The molecule has 0 bridgehead atoms. The summed E-state index contributed by atoms with van der Waals surface area (Å²) in [5.41, 5.74) is 21.1. The van der Waals surface area contributed by atoms with E-state index in [4.69, 9.17) is 17.0 Å². The van der Waals surface area contributed by atoms with E-state index in [1.165, 1.54) is 121 Å². The summed E-state index contributed by atoms with van der Waals surface area (Å²) in [4.78, 5) is 0. The summed E-state index contributed by atoms with van der Waals surface area (Å²) in [6, 6.07) is 97.0. The van der Waals surface area contributed by atoms with Crippen LogP contribution < -0.4 is 10.4 Å². The van der Waals surface area contributed by atoms with Crippen molar-refractivity contribution in [3.8, 4) is 77.9 Å². The van der Waals surface area contributed by atoms with Gasteiger partial charge in [-0.25, -0.2) is 0 Å². The molecule has 1 aliphatic rings. The molecule has 1 heterocycles. The minimum atomic E-state index is -0.826. The van der Waals surface area contributed by atoms with E-state index in [0.717, 1.165) is 22.4 Å². The molecule has 358 valence electrons. The fraction of sp³-hybridized carbons (Fsp3) is 0.0571. The van der Waals surface area contributed by atoms with Gasteiger partial charge in [0.15, 0.2) is 0 Å². The second-order valence-corrected chi connectivity index (χ2v) is 23.2. The van der Waals surface area contributed by atoms with Gasteiger partial charge in [-0.3, -0.25) is 0 Å². The topological polar surface area (TPSA) is 0 Å². The second-order valence-electron chi connectivity index (χ2n) is 18.2. The summed E-state index contributed by atoms with van der Waals surface area (Å²) in [5, 5.41) is 8.11. The van der Waals surface area contributed by atoms with E-state index < -0.39 is 20.8 Å². The fourth-order valence-electron chi connectivity index (χ4n) is 10.3. The van der Waals surface area contributed by atoms with Gasteiger partial charge in [0, 0.05) is 0 Å². The SMILES string of the molecule is CCc1ccc2[cH-]c(-c3ccccc3)cc2c1-c1ccccc1-c1ccccc1.CCc1ccc2[cH-]c(-c3ccccc3)cc2c1-c1ccccc1-c1ccccc1.[Cl][Zr][Cl].[c-]1cccc2c1[Si]c1ccccc1-2. The molecule has 13 rings (SSSR count). The maximum Gasteiger partial charge on any atom is 0.0920 e. The normalized spacial score (nSPS) is 11.0. The van der Waals surface area contributed by atoms with Crippen LogP contribution in [0.5, 0.6) is 0 Å². The molecule has 2 radical (unpaired) electrons. The minimum Gasteiger partial charge on any atom is -0.184 e. The van der Waals surface area contributed by atoms with Gasteiger partial charge in [-0.2, -0.15) is 29.5 Å². The fourth-order valence-corrected chi connectivity index (χ4v) is 11.7. The van der Waals surface area contributed by atoms with Crippen molar-refractivity contribution in [2.45, 2.75) is 26.7 Å². The Balaban J connectivity index is 0.000000131. The number of fused-ring (bicyclic) bond motifs is 5. The van der Waals surface area contributed by atoms with Crippen molar-refractivity contribution in [2.24, 2.45) is 0 Å². The molecular weight excluding hydrogens is 1030 g/mol. The Hall–Kier alpha value is -6.90. The number of hydrogen-bond acceptors (Lipinski definition) is 0. The average molecular weight is 1080 g/mol. The average Bonchev–Trinajstić information content (AvgIpc) is 4.22. The first-order valence-corrected chi connectivity index (χ1v) is 32.6. The van der Waals surface area contributed by atoms with Crippen molar-refractivity contribution in [1.82, 2.24) is 0 Å². The molecule has 0 amide bonds. The van der Waals surface area contributed by atoms with E-state index in [9.17, 15) is 0 Å². The Morgan fingerprint density at radius 3 is 1.19 bits per heavy atom. The van der Waals surface area contributed by atoms with Gasteiger partial charge in [0.05, 0.1) is 9.52 Å². The van der Waals surface area contributed by atoms with Gasteiger partial charge in [0.2, 0.25) is 0 Å². The van der Waals surface area contributed by atoms with Gasteiger partial charge >= 0.3 is 37.9 Å². The first-order chi connectivity index (χ1) is 36.6. The molecule has 12 aromatic carbocycles. The maximum absolute atomic E-state index is 4.93. The number of aryl methyl sites for hydroxylation is 2. The van der Waals surface area contributed by atoms with Crippen molar-refractivity contribution in [1.29, 1.82) is 0 Å². The minimum absolute atomic E-state index is 0.795. The zero-order chi connectivity index (χ0) is 50.6. The predicted molar refractivity (Wildman–Crippen MR) is 318 cm³/mol. The number of hydrogen-bond donors (Lipinski definition) is 0. The first kappa shape index (κ1) is 50.6. The van der Waals surface area contributed by atoms with Crippen LogP contribution in [0.1, 0.15) is 25.0 Å².